The quantitative estimate of drug-likeness (QED) is 0.854. The highest BCUT2D eigenvalue weighted by Gasteiger charge is 2.10. The Labute approximate surface area is 136 Å². The molecule has 0 aromatic heterocycles. The fourth-order valence-electron chi connectivity index (χ4n) is 2.11. The summed E-state index contributed by atoms with van der Waals surface area (Å²) in [7, 11) is -3.40. The number of nitrogens with one attached hydrogen (secondary N) is 2. The maximum absolute atomic E-state index is 12.1. The van der Waals surface area contributed by atoms with Crippen molar-refractivity contribution in [1.29, 1.82) is 0 Å². The van der Waals surface area contributed by atoms with Crippen LogP contribution in [0.3, 0.4) is 0 Å². The number of para-hydroxylation sites is 2. The molecule has 2 N–H and O–H groups in total. The van der Waals surface area contributed by atoms with E-state index in [2.05, 4.69) is 10.0 Å². The van der Waals surface area contributed by atoms with E-state index in [-0.39, 0.29) is 5.91 Å². The molecule has 0 aliphatic carbocycles. The van der Waals surface area contributed by atoms with Crippen LogP contribution in [0.5, 0.6) is 0 Å². The number of anilines is 2. The molecule has 122 valence electrons. The van der Waals surface area contributed by atoms with Crippen LogP contribution in [0.2, 0.25) is 0 Å². The van der Waals surface area contributed by atoms with Crippen molar-refractivity contribution in [2.24, 2.45) is 0 Å². The maximum Gasteiger partial charge on any atom is 0.229 e. The highest BCUT2D eigenvalue weighted by molar-refractivity contribution is 7.92. The number of aryl methyl sites for hydroxylation is 2. The molecule has 0 bridgehead atoms. The van der Waals surface area contributed by atoms with Crippen LogP contribution >= 0.6 is 0 Å². The molecule has 2 aromatic rings. The van der Waals surface area contributed by atoms with Crippen LogP contribution in [-0.2, 0) is 21.2 Å². The van der Waals surface area contributed by atoms with Crippen molar-refractivity contribution in [3.63, 3.8) is 0 Å². The van der Waals surface area contributed by atoms with E-state index in [0.29, 0.717) is 24.2 Å². The minimum absolute atomic E-state index is 0.159. The second-order valence-corrected chi connectivity index (χ2v) is 7.20. The van der Waals surface area contributed by atoms with Crippen LogP contribution in [-0.4, -0.2) is 20.6 Å². The SMILES string of the molecule is Cc1ccc(CCC(=O)Nc2ccccc2NS(C)(=O)=O)cc1. The van der Waals surface area contributed by atoms with E-state index < -0.39 is 10.0 Å². The minimum Gasteiger partial charge on any atom is -0.324 e. The lowest BCUT2D eigenvalue weighted by atomic mass is 10.1. The molecule has 0 radical (unpaired) electrons. The molecule has 23 heavy (non-hydrogen) atoms. The molecule has 0 aliphatic rings. The Morgan fingerprint density at radius 2 is 1.61 bits per heavy atom. The second-order valence-electron chi connectivity index (χ2n) is 5.45. The van der Waals surface area contributed by atoms with Crippen molar-refractivity contribution in [1.82, 2.24) is 0 Å². The largest absolute Gasteiger partial charge is 0.324 e. The molecule has 0 atom stereocenters. The number of carbonyl (C=O) groups is 1. The van der Waals surface area contributed by atoms with Gasteiger partial charge in [0, 0.05) is 6.42 Å². The fraction of sp³-hybridized carbons (Fsp3) is 0.235. The Hall–Kier alpha value is -2.34. The van der Waals surface area contributed by atoms with Gasteiger partial charge in [0.05, 0.1) is 17.6 Å². The molecule has 5 nitrogen and oxygen atoms in total. The summed E-state index contributed by atoms with van der Waals surface area (Å²) in [5, 5.41) is 2.75. The van der Waals surface area contributed by atoms with Gasteiger partial charge in [0.25, 0.3) is 0 Å². The van der Waals surface area contributed by atoms with Crippen molar-refractivity contribution in [3.8, 4) is 0 Å². The molecule has 0 saturated carbocycles. The lowest BCUT2D eigenvalue weighted by molar-refractivity contribution is -0.116. The zero-order valence-corrected chi connectivity index (χ0v) is 14.0. The highest BCUT2D eigenvalue weighted by Crippen LogP contribution is 2.22. The Morgan fingerprint density at radius 1 is 1.00 bits per heavy atom. The number of carbonyl (C=O) groups excluding carboxylic acids is 1. The molecule has 0 aliphatic heterocycles. The molecule has 2 aromatic carbocycles. The van der Waals surface area contributed by atoms with Crippen molar-refractivity contribution in [2.75, 3.05) is 16.3 Å². The molecule has 2 rings (SSSR count). The minimum atomic E-state index is -3.40. The van der Waals surface area contributed by atoms with Gasteiger partial charge in [-0.2, -0.15) is 0 Å². The predicted molar refractivity (Wildman–Crippen MR) is 93.0 cm³/mol. The van der Waals surface area contributed by atoms with E-state index in [0.717, 1.165) is 11.8 Å². The first kappa shape index (κ1) is 17.0. The topological polar surface area (TPSA) is 75.3 Å². The van der Waals surface area contributed by atoms with E-state index in [9.17, 15) is 13.2 Å². The van der Waals surface area contributed by atoms with Crippen molar-refractivity contribution < 1.29 is 13.2 Å². The summed E-state index contributed by atoms with van der Waals surface area (Å²) < 4.78 is 25.1. The molecular formula is C17H20N2O3S. The van der Waals surface area contributed by atoms with Crippen LogP contribution < -0.4 is 10.0 Å². The Morgan fingerprint density at radius 3 is 2.22 bits per heavy atom. The lowest BCUT2D eigenvalue weighted by Crippen LogP contribution is -2.16. The van der Waals surface area contributed by atoms with Gasteiger partial charge in [-0.05, 0) is 31.0 Å². The first-order valence-corrected chi connectivity index (χ1v) is 9.15. The monoisotopic (exact) mass is 332 g/mol. The first-order chi connectivity index (χ1) is 10.8. The van der Waals surface area contributed by atoms with Gasteiger partial charge in [-0.1, -0.05) is 42.0 Å². The Bertz CT molecular complexity index is 784. The zero-order chi connectivity index (χ0) is 16.9. The van der Waals surface area contributed by atoms with Gasteiger partial charge in [-0.25, -0.2) is 8.42 Å². The number of amides is 1. The fourth-order valence-corrected chi connectivity index (χ4v) is 2.68. The van der Waals surface area contributed by atoms with Gasteiger partial charge < -0.3 is 5.32 Å². The summed E-state index contributed by atoms with van der Waals surface area (Å²) in [4.78, 5) is 12.1. The summed E-state index contributed by atoms with van der Waals surface area (Å²) >= 11 is 0. The van der Waals surface area contributed by atoms with Crippen LogP contribution in [0.25, 0.3) is 0 Å². The van der Waals surface area contributed by atoms with Gasteiger partial charge in [-0.15, -0.1) is 0 Å². The zero-order valence-electron chi connectivity index (χ0n) is 13.2. The molecule has 6 heteroatoms. The smallest absolute Gasteiger partial charge is 0.229 e. The van der Waals surface area contributed by atoms with E-state index in [1.54, 1.807) is 24.3 Å². The summed E-state index contributed by atoms with van der Waals surface area (Å²) in [6, 6.07) is 14.7. The van der Waals surface area contributed by atoms with Crippen molar-refractivity contribution in [3.05, 3.63) is 59.7 Å². The van der Waals surface area contributed by atoms with Gasteiger partial charge in [0.15, 0.2) is 0 Å². The molecule has 0 saturated heterocycles. The first-order valence-electron chi connectivity index (χ1n) is 7.26. The van der Waals surface area contributed by atoms with E-state index >= 15 is 0 Å². The summed E-state index contributed by atoms with van der Waals surface area (Å²) in [5.74, 6) is -0.159. The average Bonchev–Trinajstić information content (AvgIpc) is 2.47. The van der Waals surface area contributed by atoms with Crippen LogP contribution in [0.1, 0.15) is 17.5 Å². The molecule has 0 unspecified atom stereocenters. The van der Waals surface area contributed by atoms with Crippen molar-refractivity contribution >= 4 is 27.3 Å². The summed E-state index contributed by atoms with van der Waals surface area (Å²) in [6.07, 6.45) is 2.03. The third-order valence-corrected chi connectivity index (χ3v) is 3.85. The van der Waals surface area contributed by atoms with Crippen LogP contribution in [0.15, 0.2) is 48.5 Å². The van der Waals surface area contributed by atoms with E-state index in [1.165, 1.54) is 5.56 Å². The number of hydrogen-bond donors (Lipinski definition) is 2. The molecule has 0 spiro atoms. The van der Waals surface area contributed by atoms with Gasteiger partial charge in [-0.3, -0.25) is 9.52 Å². The van der Waals surface area contributed by atoms with Gasteiger partial charge in [0.1, 0.15) is 0 Å². The van der Waals surface area contributed by atoms with Crippen LogP contribution in [0.4, 0.5) is 11.4 Å². The van der Waals surface area contributed by atoms with Crippen LogP contribution in [0, 0.1) is 6.92 Å². The average molecular weight is 332 g/mol. The number of sulfonamides is 1. The number of rotatable bonds is 6. The second kappa shape index (κ2) is 7.28. The molecule has 0 heterocycles. The van der Waals surface area contributed by atoms with Gasteiger partial charge in [0.2, 0.25) is 15.9 Å². The Balaban J connectivity index is 1.99. The third kappa shape index (κ3) is 5.75. The van der Waals surface area contributed by atoms with E-state index in [1.807, 2.05) is 31.2 Å². The third-order valence-electron chi connectivity index (χ3n) is 3.26. The standard InChI is InChI=1S/C17H20N2O3S/c1-13-7-9-14(10-8-13)11-12-17(20)18-15-5-3-4-6-16(15)19-23(2,21)22/h3-10,19H,11-12H2,1-2H3,(H,18,20). The van der Waals surface area contributed by atoms with E-state index in [4.69, 9.17) is 0 Å². The summed E-state index contributed by atoms with van der Waals surface area (Å²) in [5.41, 5.74) is 3.08. The Kier molecular flexibility index (Phi) is 5.39. The normalized spacial score (nSPS) is 11.0. The van der Waals surface area contributed by atoms with Gasteiger partial charge >= 0.3 is 0 Å². The number of benzene rings is 2. The lowest BCUT2D eigenvalue weighted by Gasteiger charge is -2.11. The highest BCUT2D eigenvalue weighted by atomic mass is 32.2. The molecular weight excluding hydrogens is 312 g/mol. The van der Waals surface area contributed by atoms with Crippen molar-refractivity contribution in [2.45, 2.75) is 19.8 Å². The maximum atomic E-state index is 12.1. The predicted octanol–water partition coefficient (Wildman–Crippen LogP) is 2.94. The molecule has 1 amide bonds. The molecule has 0 fully saturated rings. The number of hydrogen-bond acceptors (Lipinski definition) is 3. The summed E-state index contributed by atoms with van der Waals surface area (Å²) in [6.45, 7) is 2.02.